The largest absolute Gasteiger partial charge is 0.390 e. The molecule has 0 aliphatic carbocycles. The van der Waals surface area contributed by atoms with Gasteiger partial charge in [0.15, 0.2) is 5.78 Å². The summed E-state index contributed by atoms with van der Waals surface area (Å²) in [7, 11) is 0. The van der Waals surface area contributed by atoms with Gasteiger partial charge in [0.1, 0.15) is 0 Å². The summed E-state index contributed by atoms with van der Waals surface area (Å²) in [5.74, 6) is 0.0199. The molecule has 1 aliphatic rings. The minimum atomic E-state index is 0.0199. The molecule has 0 atom stereocenters. The lowest BCUT2D eigenvalue weighted by molar-refractivity contribution is 0.103. The summed E-state index contributed by atoms with van der Waals surface area (Å²) < 4.78 is 0. The van der Waals surface area contributed by atoms with Crippen LogP contribution in [0.2, 0.25) is 5.02 Å². The van der Waals surface area contributed by atoms with Crippen molar-refractivity contribution in [1.82, 2.24) is 4.90 Å². The van der Waals surface area contributed by atoms with Gasteiger partial charge >= 0.3 is 0 Å². The first-order valence-electron chi connectivity index (χ1n) is 10.4. The normalized spacial score (nSPS) is 14.0. The molecular formula is C26H23ClN2OS. The van der Waals surface area contributed by atoms with Gasteiger partial charge in [-0.1, -0.05) is 48.0 Å². The van der Waals surface area contributed by atoms with E-state index in [1.807, 2.05) is 43.3 Å². The van der Waals surface area contributed by atoms with Crippen molar-refractivity contribution in [2.75, 3.05) is 12.3 Å². The molecule has 156 valence electrons. The number of thiophene rings is 1. The number of nitrogens with two attached hydrogens (primary N) is 1. The van der Waals surface area contributed by atoms with Crippen LogP contribution in [0.15, 0.2) is 60.7 Å². The van der Waals surface area contributed by atoms with Crippen LogP contribution in [0.3, 0.4) is 0 Å². The number of carbonyl (C=O) groups excluding carboxylic acids is 1. The lowest BCUT2D eigenvalue weighted by Crippen LogP contribution is -2.29. The molecule has 0 amide bonds. The summed E-state index contributed by atoms with van der Waals surface area (Å²) in [5, 5.41) is 3.42. The fourth-order valence-corrected chi connectivity index (χ4v) is 5.82. The van der Waals surface area contributed by atoms with E-state index < -0.39 is 0 Å². The van der Waals surface area contributed by atoms with Crippen molar-refractivity contribution in [2.24, 2.45) is 0 Å². The molecule has 0 fully saturated rings. The Balaban J connectivity index is 1.45. The number of fused-ring (bicyclic) bond motifs is 2. The summed E-state index contributed by atoms with van der Waals surface area (Å²) >= 11 is 7.71. The number of hydrogen-bond donors (Lipinski definition) is 1. The van der Waals surface area contributed by atoms with Gasteiger partial charge < -0.3 is 5.73 Å². The van der Waals surface area contributed by atoms with Crippen molar-refractivity contribution in [3.63, 3.8) is 0 Å². The molecule has 2 N–H and O–H groups in total. The third-order valence-corrected chi connectivity index (χ3v) is 7.31. The quantitative estimate of drug-likeness (QED) is 0.378. The van der Waals surface area contributed by atoms with Gasteiger partial charge in [0.05, 0.1) is 10.6 Å². The maximum atomic E-state index is 13.5. The highest BCUT2D eigenvalue weighted by molar-refractivity contribution is 7.16. The van der Waals surface area contributed by atoms with Gasteiger partial charge in [-0.15, -0.1) is 11.3 Å². The Morgan fingerprint density at radius 2 is 1.94 bits per heavy atom. The standard InChI is InChI=1S/C26H23ClN2OS/c1-16-11-19(12-18-7-8-20(27)13-22(16)18)25(30)24-21-9-10-29(15-23(21)31-26(24)28)14-17-5-3-2-4-6-17/h2-8,11-13H,9-10,14-15,28H2,1H3. The third-order valence-electron chi connectivity index (χ3n) is 6.02. The Hall–Kier alpha value is -2.66. The zero-order chi connectivity index (χ0) is 21.5. The third kappa shape index (κ3) is 3.87. The van der Waals surface area contributed by atoms with E-state index >= 15 is 0 Å². The highest BCUT2D eigenvalue weighted by Crippen LogP contribution is 2.37. The number of rotatable bonds is 4. The number of aryl methyl sites for hydroxylation is 1. The molecule has 3 aromatic carbocycles. The van der Waals surface area contributed by atoms with Crippen molar-refractivity contribution in [3.8, 4) is 0 Å². The van der Waals surface area contributed by atoms with Crippen LogP contribution in [0.1, 0.15) is 37.5 Å². The van der Waals surface area contributed by atoms with Gasteiger partial charge in [-0.2, -0.15) is 0 Å². The Kier molecular flexibility index (Phi) is 5.30. The van der Waals surface area contributed by atoms with Gasteiger partial charge in [0, 0.05) is 35.1 Å². The van der Waals surface area contributed by atoms with Crippen LogP contribution in [0.5, 0.6) is 0 Å². The number of halogens is 1. The van der Waals surface area contributed by atoms with Crippen molar-refractivity contribution in [3.05, 3.63) is 98.4 Å². The highest BCUT2D eigenvalue weighted by Gasteiger charge is 2.27. The van der Waals surface area contributed by atoms with Gasteiger partial charge in [0.25, 0.3) is 0 Å². The zero-order valence-corrected chi connectivity index (χ0v) is 18.9. The maximum absolute atomic E-state index is 13.5. The Bertz CT molecular complexity index is 1300. The number of ketones is 1. The van der Waals surface area contributed by atoms with Crippen LogP contribution in [-0.2, 0) is 19.5 Å². The van der Waals surface area contributed by atoms with E-state index in [1.54, 1.807) is 11.3 Å². The Morgan fingerprint density at radius 1 is 1.13 bits per heavy atom. The first-order valence-corrected chi connectivity index (χ1v) is 11.6. The highest BCUT2D eigenvalue weighted by atomic mass is 35.5. The average molecular weight is 447 g/mol. The van der Waals surface area contributed by atoms with E-state index in [0.717, 1.165) is 48.0 Å². The first kappa shape index (κ1) is 20.3. The van der Waals surface area contributed by atoms with Gasteiger partial charge in [-0.25, -0.2) is 0 Å². The van der Waals surface area contributed by atoms with E-state index in [0.29, 0.717) is 21.2 Å². The molecule has 0 radical (unpaired) electrons. The molecule has 1 aliphatic heterocycles. The molecule has 0 unspecified atom stereocenters. The Labute approximate surface area is 191 Å². The fourth-order valence-electron chi connectivity index (χ4n) is 4.49. The smallest absolute Gasteiger partial charge is 0.196 e. The minimum Gasteiger partial charge on any atom is -0.390 e. The fraction of sp³-hybridized carbons (Fsp3) is 0.192. The summed E-state index contributed by atoms with van der Waals surface area (Å²) in [6, 6.07) is 20.2. The molecule has 0 saturated carbocycles. The summed E-state index contributed by atoms with van der Waals surface area (Å²) in [5.41, 5.74) is 11.3. The van der Waals surface area contributed by atoms with Crippen molar-refractivity contribution >= 4 is 44.5 Å². The molecule has 4 aromatic rings. The van der Waals surface area contributed by atoms with Crippen LogP contribution in [0.4, 0.5) is 5.00 Å². The number of benzene rings is 3. The van der Waals surface area contributed by atoms with E-state index in [-0.39, 0.29) is 5.78 Å². The zero-order valence-electron chi connectivity index (χ0n) is 17.3. The molecule has 1 aromatic heterocycles. The number of nitrogens with zero attached hydrogens (tertiary/aromatic N) is 1. The minimum absolute atomic E-state index is 0.0199. The Morgan fingerprint density at radius 3 is 2.74 bits per heavy atom. The van der Waals surface area contributed by atoms with Gasteiger partial charge in [-0.3, -0.25) is 9.69 Å². The van der Waals surface area contributed by atoms with Crippen LogP contribution in [0.25, 0.3) is 10.8 Å². The molecule has 5 rings (SSSR count). The van der Waals surface area contributed by atoms with Crippen LogP contribution >= 0.6 is 22.9 Å². The second kappa shape index (κ2) is 8.12. The average Bonchev–Trinajstić information content (AvgIpc) is 3.09. The van der Waals surface area contributed by atoms with Gasteiger partial charge in [-0.05, 0) is 65.1 Å². The molecule has 0 saturated heterocycles. The van der Waals surface area contributed by atoms with E-state index in [2.05, 4.69) is 29.2 Å². The molecule has 31 heavy (non-hydrogen) atoms. The van der Waals surface area contributed by atoms with Crippen molar-refractivity contribution in [1.29, 1.82) is 0 Å². The van der Waals surface area contributed by atoms with E-state index in [4.69, 9.17) is 17.3 Å². The number of anilines is 1. The second-order valence-electron chi connectivity index (χ2n) is 8.18. The van der Waals surface area contributed by atoms with Crippen LogP contribution in [-0.4, -0.2) is 17.2 Å². The van der Waals surface area contributed by atoms with Gasteiger partial charge in [0.2, 0.25) is 0 Å². The first-order chi connectivity index (χ1) is 15.0. The molecule has 3 nitrogen and oxygen atoms in total. The number of nitrogen functional groups attached to an aromatic ring is 1. The predicted octanol–water partition coefficient (Wildman–Crippen LogP) is 6.23. The van der Waals surface area contributed by atoms with E-state index in [1.165, 1.54) is 10.4 Å². The lowest BCUT2D eigenvalue weighted by Gasteiger charge is -2.27. The van der Waals surface area contributed by atoms with Crippen molar-refractivity contribution in [2.45, 2.75) is 26.4 Å². The molecule has 0 bridgehead atoms. The molecule has 0 spiro atoms. The monoisotopic (exact) mass is 446 g/mol. The predicted molar refractivity (Wildman–Crippen MR) is 130 cm³/mol. The summed E-state index contributed by atoms with van der Waals surface area (Å²) in [4.78, 5) is 17.2. The summed E-state index contributed by atoms with van der Waals surface area (Å²) in [6.45, 7) is 4.69. The summed E-state index contributed by atoms with van der Waals surface area (Å²) in [6.07, 6.45) is 0.846. The SMILES string of the molecule is Cc1cc(C(=O)c2c(N)sc3c2CCN(Cc2ccccc2)C3)cc2ccc(Cl)cc12. The number of hydrogen-bond acceptors (Lipinski definition) is 4. The maximum Gasteiger partial charge on any atom is 0.196 e. The molecule has 5 heteroatoms. The van der Waals surface area contributed by atoms with Crippen molar-refractivity contribution < 1.29 is 4.79 Å². The molecule has 2 heterocycles. The van der Waals surface area contributed by atoms with Crippen LogP contribution < -0.4 is 5.73 Å². The number of carbonyl (C=O) groups is 1. The second-order valence-corrected chi connectivity index (χ2v) is 9.75. The molecular weight excluding hydrogens is 424 g/mol. The van der Waals surface area contributed by atoms with E-state index in [9.17, 15) is 4.79 Å². The topological polar surface area (TPSA) is 46.3 Å². The lowest BCUT2D eigenvalue weighted by atomic mass is 9.93. The van der Waals surface area contributed by atoms with Crippen LogP contribution in [0, 0.1) is 6.92 Å².